The fraction of sp³-hybridized carbons (Fsp3) is 0.667. The van der Waals surface area contributed by atoms with E-state index in [-0.39, 0.29) is 12.5 Å². The van der Waals surface area contributed by atoms with Gasteiger partial charge in [-0.25, -0.2) is 9.98 Å². The number of amides is 1. The van der Waals surface area contributed by atoms with Gasteiger partial charge in [-0.15, -0.1) is 11.3 Å². The molecule has 3 N–H and O–H groups in total. The van der Waals surface area contributed by atoms with E-state index in [1.165, 1.54) is 4.88 Å². The average molecular weight is 341 g/mol. The van der Waals surface area contributed by atoms with Crippen molar-refractivity contribution in [1.82, 2.24) is 20.9 Å². The normalized spacial score (nSPS) is 11.3. The van der Waals surface area contributed by atoms with Crippen LogP contribution in [0.4, 0.5) is 0 Å². The minimum Gasteiger partial charge on any atom is -0.383 e. The van der Waals surface area contributed by atoms with Crippen LogP contribution >= 0.6 is 11.3 Å². The zero-order chi connectivity index (χ0) is 16.9. The van der Waals surface area contributed by atoms with E-state index in [2.05, 4.69) is 32.9 Å². The predicted octanol–water partition coefficient (Wildman–Crippen LogP) is 0.566. The van der Waals surface area contributed by atoms with Gasteiger partial charge in [-0.2, -0.15) is 0 Å². The lowest BCUT2D eigenvalue weighted by molar-refractivity contribution is -0.119. The Morgan fingerprint density at radius 1 is 1.30 bits per heavy atom. The van der Waals surface area contributed by atoms with Crippen molar-refractivity contribution in [3.8, 4) is 0 Å². The summed E-state index contributed by atoms with van der Waals surface area (Å²) in [6.45, 7) is 6.69. The first-order valence-electron chi connectivity index (χ1n) is 7.91. The first kappa shape index (κ1) is 19.4. The van der Waals surface area contributed by atoms with Gasteiger partial charge in [0.25, 0.3) is 0 Å². The molecule has 23 heavy (non-hydrogen) atoms. The third kappa shape index (κ3) is 8.51. The molecule has 0 atom stereocenters. The molecule has 0 aliphatic rings. The maximum Gasteiger partial charge on any atom is 0.241 e. The summed E-state index contributed by atoms with van der Waals surface area (Å²) in [6, 6.07) is 0. The summed E-state index contributed by atoms with van der Waals surface area (Å²) in [5.41, 5.74) is 0. The number of aromatic nitrogens is 1. The van der Waals surface area contributed by atoms with Gasteiger partial charge in [0.15, 0.2) is 5.96 Å². The minimum absolute atomic E-state index is 0.0935. The molecule has 0 aromatic carbocycles. The quantitative estimate of drug-likeness (QED) is 0.329. The summed E-state index contributed by atoms with van der Waals surface area (Å²) < 4.78 is 4.88. The number of ether oxygens (including phenoxy) is 1. The number of aliphatic imine (C=N–C) groups is 1. The fourth-order valence-electron chi connectivity index (χ4n) is 1.76. The number of aryl methyl sites for hydroxylation is 1. The third-order valence-corrected chi connectivity index (χ3v) is 4.14. The van der Waals surface area contributed by atoms with Gasteiger partial charge < -0.3 is 20.7 Å². The molecule has 0 radical (unpaired) electrons. The summed E-state index contributed by atoms with van der Waals surface area (Å²) in [4.78, 5) is 21.6. The van der Waals surface area contributed by atoms with Gasteiger partial charge in [0.1, 0.15) is 6.54 Å². The predicted molar refractivity (Wildman–Crippen MR) is 94.1 cm³/mol. The monoisotopic (exact) mass is 341 g/mol. The SMILES string of the molecule is CCNC(=NCC(=O)NCCOC)NCCc1ncc(CC)s1. The highest BCUT2D eigenvalue weighted by Crippen LogP contribution is 2.13. The lowest BCUT2D eigenvalue weighted by atomic mass is 10.4. The number of guanidine groups is 1. The van der Waals surface area contributed by atoms with Crippen LogP contribution in [-0.4, -0.2) is 56.7 Å². The molecule has 1 heterocycles. The number of nitrogens with one attached hydrogen (secondary N) is 3. The molecule has 1 amide bonds. The molecule has 7 nitrogen and oxygen atoms in total. The van der Waals surface area contributed by atoms with Crippen LogP contribution in [0.1, 0.15) is 23.7 Å². The van der Waals surface area contributed by atoms with Crippen molar-refractivity contribution in [1.29, 1.82) is 0 Å². The first-order chi connectivity index (χ1) is 11.2. The van der Waals surface area contributed by atoms with Crippen molar-refractivity contribution in [2.75, 3.05) is 39.9 Å². The van der Waals surface area contributed by atoms with Gasteiger partial charge in [-0.3, -0.25) is 4.79 Å². The van der Waals surface area contributed by atoms with E-state index >= 15 is 0 Å². The number of hydrogen-bond donors (Lipinski definition) is 3. The Kier molecular flexibility index (Phi) is 9.97. The third-order valence-electron chi connectivity index (χ3n) is 2.93. The first-order valence-corrected chi connectivity index (χ1v) is 8.72. The van der Waals surface area contributed by atoms with Crippen molar-refractivity contribution in [3.05, 3.63) is 16.1 Å². The Bertz CT molecular complexity index is 490. The van der Waals surface area contributed by atoms with E-state index in [4.69, 9.17) is 4.74 Å². The van der Waals surface area contributed by atoms with Crippen molar-refractivity contribution in [2.45, 2.75) is 26.7 Å². The van der Waals surface area contributed by atoms with E-state index in [0.717, 1.165) is 30.9 Å². The largest absolute Gasteiger partial charge is 0.383 e. The Morgan fingerprint density at radius 2 is 2.13 bits per heavy atom. The number of thiazole rings is 1. The summed E-state index contributed by atoms with van der Waals surface area (Å²) in [5.74, 6) is 0.522. The molecule has 0 spiro atoms. The Balaban J connectivity index is 2.35. The van der Waals surface area contributed by atoms with Gasteiger partial charge in [0.2, 0.25) is 5.91 Å². The van der Waals surface area contributed by atoms with Crippen LogP contribution < -0.4 is 16.0 Å². The van der Waals surface area contributed by atoms with Crippen LogP contribution in [0.3, 0.4) is 0 Å². The topological polar surface area (TPSA) is 87.6 Å². The second kappa shape index (κ2) is 11.8. The molecular weight excluding hydrogens is 314 g/mol. The van der Waals surface area contributed by atoms with E-state index < -0.39 is 0 Å². The maximum absolute atomic E-state index is 11.6. The van der Waals surface area contributed by atoms with Crippen LogP contribution in [0.25, 0.3) is 0 Å². The smallest absolute Gasteiger partial charge is 0.241 e. The molecule has 0 aliphatic heterocycles. The molecule has 130 valence electrons. The molecule has 0 bridgehead atoms. The molecule has 0 aliphatic carbocycles. The van der Waals surface area contributed by atoms with Gasteiger partial charge in [0, 0.05) is 44.2 Å². The second-order valence-corrected chi connectivity index (χ2v) is 5.99. The minimum atomic E-state index is -0.119. The summed E-state index contributed by atoms with van der Waals surface area (Å²) in [7, 11) is 1.60. The van der Waals surface area contributed by atoms with Crippen LogP contribution in [0.2, 0.25) is 0 Å². The Labute approximate surface area is 141 Å². The number of rotatable bonds is 10. The molecule has 1 aromatic heterocycles. The summed E-state index contributed by atoms with van der Waals surface area (Å²) in [5, 5.41) is 10.2. The van der Waals surface area contributed by atoms with E-state index in [0.29, 0.717) is 19.1 Å². The lowest BCUT2D eigenvalue weighted by Crippen LogP contribution is -2.39. The number of nitrogens with zero attached hydrogens (tertiary/aromatic N) is 2. The molecule has 8 heteroatoms. The molecule has 1 rings (SSSR count). The van der Waals surface area contributed by atoms with Gasteiger partial charge >= 0.3 is 0 Å². The summed E-state index contributed by atoms with van der Waals surface area (Å²) >= 11 is 1.74. The van der Waals surface area contributed by atoms with E-state index in [1.807, 2.05) is 13.1 Å². The van der Waals surface area contributed by atoms with Crippen LogP contribution in [0.5, 0.6) is 0 Å². The Morgan fingerprint density at radius 3 is 2.78 bits per heavy atom. The van der Waals surface area contributed by atoms with Gasteiger partial charge in [-0.1, -0.05) is 6.92 Å². The van der Waals surface area contributed by atoms with Crippen molar-refractivity contribution >= 4 is 23.2 Å². The van der Waals surface area contributed by atoms with Crippen LogP contribution in [0, 0.1) is 0 Å². The zero-order valence-corrected chi connectivity index (χ0v) is 15.0. The molecular formula is C15H27N5O2S. The standard InChI is InChI=1S/C15H27N5O2S/c1-4-12-10-19-14(23-12)6-7-18-15(16-5-2)20-11-13(21)17-8-9-22-3/h10H,4-9,11H2,1-3H3,(H,17,21)(H2,16,18,20). The van der Waals surface area contributed by atoms with E-state index in [1.54, 1.807) is 18.4 Å². The highest BCUT2D eigenvalue weighted by Gasteiger charge is 2.03. The second-order valence-electron chi connectivity index (χ2n) is 4.79. The van der Waals surface area contributed by atoms with Gasteiger partial charge in [-0.05, 0) is 13.3 Å². The van der Waals surface area contributed by atoms with Crippen molar-refractivity contribution in [2.24, 2.45) is 4.99 Å². The number of hydrogen-bond acceptors (Lipinski definition) is 5. The Hall–Kier alpha value is -1.67. The van der Waals surface area contributed by atoms with E-state index in [9.17, 15) is 4.79 Å². The highest BCUT2D eigenvalue weighted by atomic mass is 32.1. The van der Waals surface area contributed by atoms with Crippen molar-refractivity contribution < 1.29 is 9.53 Å². The fourth-order valence-corrected chi connectivity index (χ4v) is 2.62. The van der Waals surface area contributed by atoms with Gasteiger partial charge in [0.05, 0.1) is 11.6 Å². The highest BCUT2D eigenvalue weighted by molar-refractivity contribution is 7.11. The molecule has 1 aromatic rings. The lowest BCUT2D eigenvalue weighted by Gasteiger charge is -2.10. The molecule has 0 unspecified atom stereocenters. The maximum atomic E-state index is 11.6. The number of carbonyl (C=O) groups excluding carboxylic acids is 1. The van der Waals surface area contributed by atoms with Crippen LogP contribution in [-0.2, 0) is 22.4 Å². The summed E-state index contributed by atoms with van der Waals surface area (Å²) in [6.07, 6.45) is 3.80. The van der Waals surface area contributed by atoms with Crippen LogP contribution in [0.15, 0.2) is 11.2 Å². The number of methoxy groups -OCH3 is 1. The van der Waals surface area contributed by atoms with Crippen molar-refractivity contribution in [3.63, 3.8) is 0 Å². The molecule has 0 saturated carbocycles. The number of carbonyl (C=O) groups is 1. The zero-order valence-electron chi connectivity index (χ0n) is 14.1. The molecule has 0 saturated heterocycles. The molecule has 0 fully saturated rings. The average Bonchev–Trinajstić information content (AvgIpc) is 3.01.